The molecule has 11 heteroatoms. The monoisotopic (exact) mass is 801 g/mol. The fourth-order valence-electron chi connectivity index (χ4n) is 8.38. The minimum absolute atomic E-state index is 0. The number of imide groups is 2. The molecule has 2 aromatic rings. The first-order valence-electron chi connectivity index (χ1n) is 18.7. The molecule has 4 amide bonds. The molecule has 0 N–H and O–H groups in total. The lowest BCUT2D eigenvalue weighted by Gasteiger charge is -2.24. The van der Waals surface area contributed by atoms with Crippen molar-refractivity contribution in [3.63, 3.8) is 0 Å². The number of hydrogen-bond acceptors (Lipinski definition) is 9. The molecule has 0 aliphatic carbocycles. The Labute approximate surface area is 345 Å². The van der Waals surface area contributed by atoms with Crippen LogP contribution in [0, 0.1) is 23.7 Å². The number of methoxy groups -OCH3 is 1. The second kappa shape index (κ2) is 25.8. The maximum atomic E-state index is 13.9. The predicted octanol–water partition coefficient (Wildman–Crippen LogP) is 8.42. The summed E-state index contributed by atoms with van der Waals surface area (Å²) in [5, 5.41) is 0. The minimum Gasteiger partial charge on any atom is -0.382 e. The van der Waals surface area contributed by atoms with Crippen LogP contribution in [0.5, 0.6) is 0 Å². The van der Waals surface area contributed by atoms with Crippen molar-refractivity contribution >= 4 is 29.3 Å². The number of rotatable bonds is 20. The predicted molar refractivity (Wildman–Crippen MR) is 229 cm³/mol. The van der Waals surface area contributed by atoms with Gasteiger partial charge in [-0.3, -0.25) is 24.1 Å². The molecular weight excluding hydrogens is 725 g/mol. The molecule has 0 radical (unpaired) electrons. The van der Waals surface area contributed by atoms with Gasteiger partial charge in [-0.15, -0.1) is 0 Å². The molecule has 57 heavy (non-hydrogen) atoms. The minimum atomic E-state index is -0.616. The van der Waals surface area contributed by atoms with Crippen LogP contribution >= 0.6 is 0 Å². The fraction of sp³-hybridized carbons (Fsp3) is 0.652. The Morgan fingerprint density at radius 3 is 1.53 bits per heavy atom. The second-order valence-electron chi connectivity index (χ2n) is 14.0. The molecule has 0 bridgehead atoms. The van der Waals surface area contributed by atoms with E-state index in [0.29, 0.717) is 57.8 Å². The first kappa shape index (κ1) is 53.5. The third-order valence-corrected chi connectivity index (χ3v) is 10.9. The molecule has 0 spiro atoms. The van der Waals surface area contributed by atoms with Crippen molar-refractivity contribution in [2.45, 2.75) is 127 Å². The van der Waals surface area contributed by atoms with Crippen LogP contribution in [0.2, 0.25) is 0 Å². The van der Waals surface area contributed by atoms with Gasteiger partial charge in [-0.1, -0.05) is 119 Å². The lowest BCUT2D eigenvalue weighted by atomic mass is 9.83. The number of fused-ring (bicyclic) bond motifs is 2. The van der Waals surface area contributed by atoms with E-state index in [1.807, 2.05) is 36.4 Å². The molecule has 8 atom stereocenters. The third-order valence-electron chi connectivity index (χ3n) is 10.9. The van der Waals surface area contributed by atoms with Crippen molar-refractivity contribution in [1.29, 1.82) is 0 Å². The molecule has 11 nitrogen and oxygen atoms in total. The maximum Gasteiger partial charge on any atom is 0.240 e. The zero-order chi connectivity index (χ0) is 35.7. The number of unbranched alkanes of at least 4 members (excludes halogenated alkanes) is 2. The maximum absolute atomic E-state index is 13.9. The van der Waals surface area contributed by atoms with E-state index in [0.717, 1.165) is 31.2 Å². The Bertz CT molecular complexity index is 1470. The first-order valence-corrected chi connectivity index (χ1v) is 18.7. The highest BCUT2D eigenvalue weighted by Crippen LogP contribution is 2.48. The smallest absolute Gasteiger partial charge is 0.240 e. The van der Waals surface area contributed by atoms with Crippen molar-refractivity contribution in [3.8, 4) is 0 Å². The van der Waals surface area contributed by atoms with Crippen LogP contribution in [0.25, 0.3) is 0 Å². The summed E-state index contributed by atoms with van der Waals surface area (Å²) in [6, 6.07) is 19.1. The van der Waals surface area contributed by atoms with Gasteiger partial charge in [-0.2, -0.15) is 0 Å². The summed E-state index contributed by atoms with van der Waals surface area (Å²) in [5.41, 5.74) is 1.72. The third kappa shape index (κ3) is 12.0. The summed E-state index contributed by atoms with van der Waals surface area (Å²) in [6.45, 7) is 4.25. The summed E-state index contributed by atoms with van der Waals surface area (Å²) in [5.74, 6) is -3.20. The van der Waals surface area contributed by atoms with E-state index in [2.05, 4.69) is 19.1 Å². The molecule has 2 aromatic carbocycles. The van der Waals surface area contributed by atoms with Gasteiger partial charge in [0.25, 0.3) is 0 Å². The zero-order valence-electron chi connectivity index (χ0n) is 29.9. The standard InChI is InChI=1S/C40H52N2O9.6CH4/c1-3-4-7-16-29-35-36(40(46)42(39(35)45)28-14-10-6-11-15-28)32(50-29)20-19-31-34-33(30(51-31)18-17-27-12-8-5-9-13-27)37(43)41(38(34)44)21-22-48-25-26-49-24-23-47-2;;;;;;/h5-6,8-15,29-36H,3-4,7,16-26H2,1-2H3;6*1H4/t29?,30?,31?,32?,33-,34+,35+,36-;;;;;;/m0....../s1. The first-order chi connectivity index (χ1) is 24.9. The lowest BCUT2D eigenvalue weighted by Crippen LogP contribution is -2.39. The van der Waals surface area contributed by atoms with E-state index >= 15 is 0 Å². The highest BCUT2D eigenvalue weighted by atomic mass is 16.5. The Morgan fingerprint density at radius 1 is 0.544 bits per heavy atom. The number of carbonyl (C=O) groups excluding carboxylic acids is 4. The van der Waals surface area contributed by atoms with Gasteiger partial charge in [0.15, 0.2) is 0 Å². The molecule has 0 aromatic heterocycles. The van der Waals surface area contributed by atoms with E-state index in [1.54, 1.807) is 19.2 Å². The molecule has 324 valence electrons. The Balaban J connectivity index is 0.00000523. The average Bonchev–Trinajstić information content (AvgIpc) is 3.84. The van der Waals surface area contributed by atoms with Gasteiger partial charge in [0.2, 0.25) is 23.6 Å². The number of ether oxygens (including phenoxy) is 5. The van der Waals surface area contributed by atoms with Crippen molar-refractivity contribution < 1.29 is 42.9 Å². The molecule has 6 rings (SSSR count). The van der Waals surface area contributed by atoms with Crippen molar-refractivity contribution in [1.82, 2.24) is 4.90 Å². The number of aryl methyl sites for hydroxylation is 1. The summed E-state index contributed by atoms with van der Waals surface area (Å²) in [7, 11) is 1.61. The van der Waals surface area contributed by atoms with E-state index in [-0.39, 0.29) is 87.4 Å². The van der Waals surface area contributed by atoms with Crippen LogP contribution in [0.1, 0.15) is 102 Å². The number of para-hydroxylation sites is 1. The summed E-state index contributed by atoms with van der Waals surface area (Å²) in [4.78, 5) is 58.2. The van der Waals surface area contributed by atoms with Gasteiger partial charge in [0.1, 0.15) is 0 Å². The molecule has 4 saturated heterocycles. The lowest BCUT2D eigenvalue weighted by molar-refractivity contribution is -0.145. The van der Waals surface area contributed by atoms with Crippen LogP contribution in [0.4, 0.5) is 5.69 Å². The van der Waals surface area contributed by atoms with Crippen molar-refractivity contribution in [2.75, 3.05) is 51.6 Å². The van der Waals surface area contributed by atoms with Gasteiger partial charge in [0.05, 0.1) is 93.4 Å². The van der Waals surface area contributed by atoms with Crippen LogP contribution in [0.3, 0.4) is 0 Å². The largest absolute Gasteiger partial charge is 0.382 e. The molecule has 4 fully saturated rings. The topological polar surface area (TPSA) is 121 Å². The number of amides is 4. The van der Waals surface area contributed by atoms with Crippen LogP contribution < -0.4 is 4.90 Å². The quantitative estimate of drug-likeness (QED) is 0.0960. The molecule has 4 aliphatic heterocycles. The van der Waals surface area contributed by atoms with Gasteiger partial charge in [-0.25, -0.2) is 4.90 Å². The van der Waals surface area contributed by atoms with Crippen LogP contribution in [-0.4, -0.2) is 99.6 Å². The normalized spacial score (nSPS) is 25.6. The average molecular weight is 801 g/mol. The van der Waals surface area contributed by atoms with Gasteiger partial charge >= 0.3 is 0 Å². The zero-order valence-corrected chi connectivity index (χ0v) is 29.9. The molecular formula is C46H76N2O9. The number of nitrogens with zero attached hydrogens (tertiary/aromatic N) is 2. The highest BCUT2D eigenvalue weighted by molar-refractivity contribution is 6.22. The highest BCUT2D eigenvalue weighted by Gasteiger charge is 2.62. The van der Waals surface area contributed by atoms with Crippen LogP contribution in [-0.2, 0) is 49.3 Å². The van der Waals surface area contributed by atoms with Gasteiger partial charge in [-0.05, 0) is 49.8 Å². The summed E-state index contributed by atoms with van der Waals surface area (Å²) >= 11 is 0. The Morgan fingerprint density at radius 2 is 1.00 bits per heavy atom. The van der Waals surface area contributed by atoms with E-state index in [9.17, 15) is 19.2 Å². The Kier molecular flexibility index (Phi) is 24.2. The van der Waals surface area contributed by atoms with E-state index in [4.69, 9.17) is 23.7 Å². The van der Waals surface area contributed by atoms with Crippen molar-refractivity contribution in [3.05, 3.63) is 66.2 Å². The SMILES string of the molecule is C.C.C.C.C.C.CCCCCC1OC(CCC2OC(CCc3ccccc3)[C@@H]3C(=O)N(CCOCCOCCOC)C(=O)[C@H]23)[C@@H]2C(=O)N(c3ccccc3)C(=O)[C@H]12. The fourth-order valence-corrected chi connectivity index (χ4v) is 8.38. The van der Waals surface area contributed by atoms with E-state index < -0.39 is 42.0 Å². The van der Waals surface area contributed by atoms with Gasteiger partial charge in [0, 0.05) is 7.11 Å². The molecule has 4 aliphatic rings. The molecule has 0 saturated carbocycles. The second-order valence-corrected chi connectivity index (χ2v) is 14.0. The van der Waals surface area contributed by atoms with E-state index in [1.165, 1.54) is 9.80 Å². The number of hydrogen-bond donors (Lipinski definition) is 0. The number of anilines is 1. The number of likely N-dealkylation sites (tertiary alicyclic amines) is 1. The Hall–Kier alpha value is -3.48. The summed E-state index contributed by atoms with van der Waals surface area (Å²) < 4.78 is 29.3. The van der Waals surface area contributed by atoms with Crippen molar-refractivity contribution in [2.24, 2.45) is 23.7 Å². The molecule has 4 unspecified atom stereocenters. The van der Waals surface area contributed by atoms with Gasteiger partial charge < -0.3 is 23.7 Å². The summed E-state index contributed by atoms with van der Waals surface area (Å²) in [6.07, 6.45) is 4.14. The molecule has 4 heterocycles. The number of benzene rings is 2. The van der Waals surface area contributed by atoms with Crippen LogP contribution in [0.15, 0.2) is 60.7 Å². The number of carbonyl (C=O) groups is 4.